The minimum absolute atomic E-state index is 0.104. The van der Waals surface area contributed by atoms with E-state index in [-0.39, 0.29) is 28.8 Å². The zero-order valence-electron chi connectivity index (χ0n) is 15.9. The van der Waals surface area contributed by atoms with Crippen LogP contribution in [0.3, 0.4) is 0 Å². The van der Waals surface area contributed by atoms with Crippen molar-refractivity contribution >= 4 is 29.0 Å². The van der Waals surface area contributed by atoms with Gasteiger partial charge in [0.1, 0.15) is 23.7 Å². The normalized spacial score (nSPS) is 12.0. The summed E-state index contributed by atoms with van der Waals surface area (Å²) in [5.41, 5.74) is 1.05. The van der Waals surface area contributed by atoms with E-state index >= 15 is 0 Å². The number of aryl methyl sites for hydroxylation is 2. The van der Waals surface area contributed by atoms with Gasteiger partial charge in [-0.1, -0.05) is 17.7 Å². The summed E-state index contributed by atoms with van der Waals surface area (Å²) in [5.74, 6) is -0.622. The van der Waals surface area contributed by atoms with E-state index in [0.29, 0.717) is 11.3 Å². The molecule has 0 saturated heterocycles. The molecule has 0 radical (unpaired) electrons. The van der Waals surface area contributed by atoms with Gasteiger partial charge in [0.15, 0.2) is 5.82 Å². The van der Waals surface area contributed by atoms with Crippen LogP contribution in [0.4, 0.5) is 15.9 Å². The molecule has 0 spiro atoms. The van der Waals surface area contributed by atoms with Crippen molar-refractivity contribution in [3.8, 4) is 0 Å². The quantitative estimate of drug-likeness (QED) is 0.483. The molecule has 9 nitrogen and oxygen atoms in total. The number of hydrogen-bond donors (Lipinski definition) is 1. The highest BCUT2D eigenvalue weighted by molar-refractivity contribution is 6.31. The van der Waals surface area contributed by atoms with Crippen molar-refractivity contribution in [2.45, 2.75) is 33.4 Å². The first-order chi connectivity index (χ1) is 13.7. The second-order valence-electron chi connectivity index (χ2n) is 6.53. The third-order valence-electron chi connectivity index (χ3n) is 4.47. The Balaban J connectivity index is 1.75. The molecule has 1 N–H and O–H groups in total. The summed E-state index contributed by atoms with van der Waals surface area (Å²) < 4.78 is 16.8. The minimum atomic E-state index is -0.797. The molecule has 2 heterocycles. The predicted molar refractivity (Wildman–Crippen MR) is 104 cm³/mol. The van der Waals surface area contributed by atoms with Crippen LogP contribution in [0.2, 0.25) is 5.02 Å². The van der Waals surface area contributed by atoms with Crippen molar-refractivity contribution in [1.82, 2.24) is 19.6 Å². The summed E-state index contributed by atoms with van der Waals surface area (Å²) in [7, 11) is 0. The van der Waals surface area contributed by atoms with E-state index in [2.05, 4.69) is 15.5 Å². The average molecular weight is 421 g/mol. The van der Waals surface area contributed by atoms with Gasteiger partial charge in [-0.2, -0.15) is 10.2 Å². The first kappa shape index (κ1) is 20.5. The lowest BCUT2D eigenvalue weighted by molar-refractivity contribution is -0.385. The van der Waals surface area contributed by atoms with Crippen molar-refractivity contribution in [2.75, 3.05) is 5.32 Å². The van der Waals surface area contributed by atoms with Gasteiger partial charge in [0.25, 0.3) is 0 Å². The number of halogens is 2. The van der Waals surface area contributed by atoms with Gasteiger partial charge in [-0.05, 0) is 32.9 Å². The van der Waals surface area contributed by atoms with Gasteiger partial charge in [0.2, 0.25) is 5.91 Å². The van der Waals surface area contributed by atoms with E-state index in [1.54, 1.807) is 26.0 Å². The van der Waals surface area contributed by atoms with Gasteiger partial charge in [0.05, 0.1) is 11.5 Å². The average Bonchev–Trinajstić information content (AvgIpc) is 3.20. The molecular weight excluding hydrogens is 403 g/mol. The van der Waals surface area contributed by atoms with E-state index in [4.69, 9.17) is 11.6 Å². The molecule has 3 rings (SSSR count). The Kier molecular flexibility index (Phi) is 5.64. The number of rotatable bonds is 6. The fourth-order valence-electron chi connectivity index (χ4n) is 2.76. The number of amides is 1. The third-order valence-corrected chi connectivity index (χ3v) is 4.82. The lowest BCUT2D eigenvalue weighted by Gasteiger charge is -2.11. The minimum Gasteiger partial charge on any atom is -0.307 e. The van der Waals surface area contributed by atoms with Crippen LogP contribution in [-0.4, -0.2) is 30.4 Å². The second-order valence-corrected chi connectivity index (χ2v) is 6.94. The fourth-order valence-corrected chi connectivity index (χ4v) is 2.99. The molecule has 152 valence electrons. The van der Waals surface area contributed by atoms with Gasteiger partial charge in [-0.25, -0.2) is 4.39 Å². The Morgan fingerprint density at radius 2 is 2.10 bits per heavy atom. The molecule has 0 saturated carbocycles. The maximum atomic E-state index is 14.0. The number of hydrogen-bond acceptors (Lipinski definition) is 5. The molecule has 3 aromatic rings. The molecule has 1 atom stereocenters. The van der Waals surface area contributed by atoms with E-state index in [0.717, 1.165) is 0 Å². The molecule has 0 aliphatic rings. The van der Waals surface area contributed by atoms with Crippen molar-refractivity contribution in [1.29, 1.82) is 0 Å². The monoisotopic (exact) mass is 420 g/mol. The Morgan fingerprint density at radius 1 is 1.38 bits per heavy atom. The van der Waals surface area contributed by atoms with Gasteiger partial charge in [-0.3, -0.25) is 24.3 Å². The molecule has 29 heavy (non-hydrogen) atoms. The summed E-state index contributed by atoms with van der Waals surface area (Å²) in [6, 6.07) is 5.26. The van der Waals surface area contributed by atoms with E-state index in [1.807, 2.05) is 0 Å². The molecule has 1 amide bonds. The van der Waals surface area contributed by atoms with Crippen LogP contribution in [0.25, 0.3) is 0 Å². The number of aromatic nitrogens is 4. The molecule has 2 aromatic heterocycles. The Bertz CT molecular complexity index is 1070. The molecule has 1 unspecified atom stereocenters. The Morgan fingerprint density at radius 3 is 2.72 bits per heavy atom. The topological polar surface area (TPSA) is 108 Å². The van der Waals surface area contributed by atoms with Crippen molar-refractivity contribution in [3.63, 3.8) is 0 Å². The molecule has 11 heteroatoms. The van der Waals surface area contributed by atoms with Crippen molar-refractivity contribution in [2.24, 2.45) is 0 Å². The standard InChI is InChI=1S/C18H18ClFN6O3/c1-10-7-17(23-24(10)8-13-14(19)5-4-6-15(13)20)21-18(27)12(3)25-9-16(26(28)29)11(2)22-25/h4-7,9,12H,8H2,1-3H3,(H,21,23,27). The molecule has 0 aliphatic carbocycles. The van der Waals surface area contributed by atoms with Crippen LogP contribution in [-0.2, 0) is 11.3 Å². The molecular formula is C18H18ClFN6O3. The van der Waals surface area contributed by atoms with E-state index < -0.39 is 22.7 Å². The first-order valence-corrected chi connectivity index (χ1v) is 9.03. The maximum absolute atomic E-state index is 14.0. The molecule has 0 bridgehead atoms. The highest BCUT2D eigenvalue weighted by Crippen LogP contribution is 2.22. The summed E-state index contributed by atoms with van der Waals surface area (Å²) >= 11 is 6.06. The summed E-state index contributed by atoms with van der Waals surface area (Å²) in [6.07, 6.45) is 1.21. The smallest absolute Gasteiger partial charge is 0.307 e. The van der Waals surface area contributed by atoms with Crippen LogP contribution in [0.5, 0.6) is 0 Å². The Labute approximate surface area is 170 Å². The number of benzene rings is 1. The van der Waals surface area contributed by atoms with Crippen LogP contribution in [0.15, 0.2) is 30.5 Å². The van der Waals surface area contributed by atoms with Gasteiger partial charge >= 0.3 is 5.69 Å². The number of nitrogens with zero attached hydrogens (tertiary/aromatic N) is 5. The van der Waals surface area contributed by atoms with Crippen LogP contribution >= 0.6 is 11.6 Å². The van der Waals surface area contributed by atoms with E-state index in [1.165, 1.54) is 34.6 Å². The van der Waals surface area contributed by atoms with Crippen molar-refractivity contribution in [3.05, 3.63) is 68.4 Å². The SMILES string of the molecule is Cc1nn(C(C)C(=O)Nc2cc(C)n(Cc3c(F)cccc3Cl)n2)cc1[N+](=O)[O-]. The first-order valence-electron chi connectivity index (χ1n) is 8.65. The number of nitro groups is 1. The molecule has 0 fully saturated rings. The lowest BCUT2D eigenvalue weighted by Crippen LogP contribution is -2.24. The van der Waals surface area contributed by atoms with Gasteiger partial charge in [0, 0.05) is 22.3 Å². The van der Waals surface area contributed by atoms with Crippen LogP contribution in [0, 0.1) is 29.8 Å². The molecule has 0 aliphatic heterocycles. The van der Waals surface area contributed by atoms with E-state index in [9.17, 15) is 19.3 Å². The zero-order chi connectivity index (χ0) is 21.3. The largest absolute Gasteiger partial charge is 0.309 e. The highest BCUT2D eigenvalue weighted by Gasteiger charge is 2.23. The lowest BCUT2D eigenvalue weighted by atomic mass is 10.2. The fraction of sp³-hybridized carbons (Fsp3) is 0.278. The second kappa shape index (κ2) is 8.00. The van der Waals surface area contributed by atoms with Gasteiger partial charge in [-0.15, -0.1) is 0 Å². The number of nitrogens with one attached hydrogen (secondary N) is 1. The van der Waals surface area contributed by atoms with Gasteiger partial charge < -0.3 is 5.32 Å². The number of anilines is 1. The third kappa shape index (κ3) is 4.27. The predicted octanol–water partition coefficient (Wildman–Crippen LogP) is 3.65. The number of carbonyl (C=O) groups excluding carboxylic acids is 1. The summed E-state index contributed by atoms with van der Waals surface area (Å²) in [5, 5.41) is 22.2. The maximum Gasteiger partial charge on any atom is 0.309 e. The Hall–Kier alpha value is -3.27. The molecule has 1 aromatic carbocycles. The zero-order valence-corrected chi connectivity index (χ0v) is 16.6. The summed E-state index contributed by atoms with van der Waals surface area (Å²) in [6.45, 7) is 4.93. The highest BCUT2D eigenvalue weighted by atomic mass is 35.5. The van der Waals surface area contributed by atoms with Crippen LogP contribution < -0.4 is 5.32 Å². The number of carbonyl (C=O) groups is 1. The summed E-state index contributed by atoms with van der Waals surface area (Å²) in [4.78, 5) is 22.9. The van der Waals surface area contributed by atoms with Crippen LogP contribution in [0.1, 0.15) is 29.9 Å². The van der Waals surface area contributed by atoms with Crippen molar-refractivity contribution < 1.29 is 14.1 Å².